The number of hydrogen-bond donors (Lipinski definition) is 0. The van der Waals surface area contributed by atoms with E-state index in [1.165, 1.54) is 28.6 Å². The minimum absolute atomic E-state index is 0.464. The molecule has 2 aliphatic rings. The van der Waals surface area contributed by atoms with Crippen molar-refractivity contribution >= 4 is 23.6 Å². The molecule has 0 amide bonds. The highest BCUT2D eigenvalue weighted by molar-refractivity contribution is 7.99. The first kappa shape index (κ1) is 25.4. The lowest BCUT2D eigenvalue weighted by Gasteiger charge is -2.29. The summed E-state index contributed by atoms with van der Waals surface area (Å²) in [5.74, 6) is 0.919. The number of aromatic nitrogens is 3. The monoisotopic (exact) mass is 529 g/mol. The van der Waals surface area contributed by atoms with Gasteiger partial charge in [0.25, 0.3) is 0 Å². The van der Waals surface area contributed by atoms with Gasteiger partial charge >= 0.3 is 0 Å². The summed E-state index contributed by atoms with van der Waals surface area (Å²) in [6.07, 6.45) is 11.6. The molecular weight excluding hydrogens is 498 g/mol. The number of rotatable bonds is 10. The van der Waals surface area contributed by atoms with E-state index < -0.39 is 5.41 Å². The lowest BCUT2D eigenvalue weighted by atomic mass is 9.72. The third-order valence-electron chi connectivity index (χ3n) is 7.82. The van der Waals surface area contributed by atoms with Crippen LogP contribution in [0, 0.1) is 0 Å². The lowest BCUT2D eigenvalue weighted by Crippen LogP contribution is -2.29. The second-order valence-electron chi connectivity index (χ2n) is 10.2. The molecule has 0 bridgehead atoms. The molecule has 2 aliphatic carbocycles. The number of nitrogens with zero attached hydrogens (tertiary/aromatic N) is 3. The molecule has 194 valence electrons. The maximum absolute atomic E-state index is 12.6. The number of carbonyl (C=O) groups is 1. The average molecular weight is 530 g/mol. The van der Waals surface area contributed by atoms with Crippen molar-refractivity contribution < 1.29 is 4.79 Å². The summed E-state index contributed by atoms with van der Waals surface area (Å²) < 4.78 is 0. The Labute approximate surface area is 234 Å². The second kappa shape index (κ2) is 11.5. The summed E-state index contributed by atoms with van der Waals surface area (Å²) in [5, 5.41) is 9.75. The number of aldehydes is 1. The van der Waals surface area contributed by atoms with Crippen LogP contribution in [0.1, 0.15) is 49.7 Å². The number of allylic oxidation sites excluding steroid dienone is 4. The number of unbranched alkanes of at least 4 members (excludes halogenated alkanes) is 2. The van der Waals surface area contributed by atoms with Gasteiger partial charge in [-0.1, -0.05) is 122 Å². The molecule has 0 aliphatic heterocycles. The van der Waals surface area contributed by atoms with Crippen molar-refractivity contribution in [1.82, 2.24) is 15.2 Å². The van der Waals surface area contributed by atoms with Crippen molar-refractivity contribution in [2.75, 3.05) is 5.75 Å². The molecule has 39 heavy (non-hydrogen) atoms. The predicted octanol–water partition coefficient (Wildman–Crippen LogP) is 8.11. The third-order valence-corrected chi connectivity index (χ3v) is 8.74. The Morgan fingerprint density at radius 3 is 2.28 bits per heavy atom. The summed E-state index contributed by atoms with van der Waals surface area (Å²) in [7, 11) is 0. The summed E-state index contributed by atoms with van der Waals surface area (Å²) in [6.45, 7) is 0. The van der Waals surface area contributed by atoms with Gasteiger partial charge in [-0.2, -0.15) is 0 Å². The molecule has 1 aromatic heterocycles. The molecule has 0 saturated carbocycles. The van der Waals surface area contributed by atoms with Gasteiger partial charge in [-0.05, 0) is 48.0 Å². The van der Waals surface area contributed by atoms with Crippen LogP contribution in [0.4, 0.5) is 0 Å². The molecule has 1 atom stereocenters. The van der Waals surface area contributed by atoms with Crippen molar-refractivity contribution in [3.8, 4) is 22.5 Å². The summed E-state index contributed by atoms with van der Waals surface area (Å²) in [5.41, 5.74) is 8.27. The molecule has 1 unspecified atom stereocenters. The Bertz CT molecular complexity index is 1530. The maximum atomic E-state index is 12.6. The lowest BCUT2D eigenvalue weighted by molar-refractivity contribution is -0.111. The van der Waals surface area contributed by atoms with Crippen LogP contribution in [-0.4, -0.2) is 27.2 Å². The molecular formula is C34H31N3OS. The normalized spacial score (nSPS) is 17.6. The molecule has 6 rings (SSSR count). The number of fused-ring (bicyclic) bond motifs is 2. The van der Waals surface area contributed by atoms with Crippen LogP contribution >= 0.6 is 11.8 Å². The molecule has 0 radical (unpaired) electrons. The molecule has 3 aromatic carbocycles. The fourth-order valence-electron chi connectivity index (χ4n) is 5.93. The van der Waals surface area contributed by atoms with Gasteiger partial charge < -0.3 is 4.79 Å². The Morgan fingerprint density at radius 2 is 1.51 bits per heavy atom. The fraction of sp³-hybridized carbons (Fsp3) is 0.235. The van der Waals surface area contributed by atoms with Crippen LogP contribution in [0.2, 0.25) is 0 Å². The number of benzene rings is 3. The number of thioether (sulfide) groups is 1. The zero-order chi connectivity index (χ0) is 26.5. The Balaban J connectivity index is 1.11. The standard InChI is InChI=1S/C34H31N3OS/c38-24-34(29-20-10-8-18-27(29)28-19-9-11-21-30(28)34)22-12-3-13-23-39-33-35-31(25-14-4-1-5-15-25)32(36-37-33)26-16-6-2-7-17-26/h1-2,4-10,14-20,24H,3,11-13,21-23H2. The SMILES string of the molecule is O=CC1(CCCCCSc2nnc(-c3ccccc3)c(-c3ccccc3)n2)C2=C(C=CCC2)c2ccccc21. The summed E-state index contributed by atoms with van der Waals surface area (Å²) >= 11 is 1.65. The third kappa shape index (κ3) is 4.99. The van der Waals surface area contributed by atoms with Crippen LogP contribution in [0.25, 0.3) is 28.1 Å². The first-order valence-corrected chi connectivity index (χ1v) is 14.7. The van der Waals surface area contributed by atoms with Gasteiger partial charge in [-0.15, -0.1) is 10.2 Å². The van der Waals surface area contributed by atoms with E-state index in [0.717, 1.165) is 66.8 Å². The van der Waals surface area contributed by atoms with Crippen LogP contribution in [0.15, 0.2) is 108 Å². The van der Waals surface area contributed by atoms with Gasteiger partial charge in [-0.25, -0.2) is 4.98 Å². The van der Waals surface area contributed by atoms with Gasteiger partial charge in [0.15, 0.2) is 0 Å². The summed E-state index contributed by atoms with van der Waals surface area (Å²) in [4.78, 5) is 17.6. The number of hydrogen-bond acceptors (Lipinski definition) is 5. The molecule has 1 heterocycles. The second-order valence-corrected chi connectivity index (χ2v) is 11.2. The Hall–Kier alpha value is -3.83. The highest BCUT2D eigenvalue weighted by atomic mass is 32.2. The van der Waals surface area contributed by atoms with E-state index in [-0.39, 0.29) is 0 Å². The van der Waals surface area contributed by atoms with E-state index in [0.29, 0.717) is 5.16 Å². The quantitative estimate of drug-likeness (QED) is 0.118. The van der Waals surface area contributed by atoms with E-state index in [1.54, 1.807) is 11.8 Å². The molecule has 0 N–H and O–H groups in total. The Morgan fingerprint density at radius 1 is 0.795 bits per heavy atom. The highest BCUT2D eigenvalue weighted by Gasteiger charge is 2.43. The summed E-state index contributed by atoms with van der Waals surface area (Å²) in [6, 6.07) is 28.8. The van der Waals surface area contributed by atoms with Gasteiger partial charge in [0.2, 0.25) is 5.16 Å². The van der Waals surface area contributed by atoms with Crippen LogP contribution in [-0.2, 0) is 10.2 Å². The van der Waals surface area contributed by atoms with Gasteiger partial charge in [-0.3, -0.25) is 0 Å². The van der Waals surface area contributed by atoms with Crippen LogP contribution in [0.3, 0.4) is 0 Å². The largest absolute Gasteiger partial charge is 0.302 e. The maximum Gasteiger partial charge on any atom is 0.209 e. The minimum atomic E-state index is -0.464. The van der Waals surface area contributed by atoms with Gasteiger partial charge in [0.05, 0.1) is 5.41 Å². The minimum Gasteiger partial charge on any atom is -0.302 e. The van der Waals surface area contributed by atoms with Crippen LogP contribution in [0.5, 0.6) is 0 Å². The van der Waals surface area contributed by atoms with Crippen molar-refractivity contribution in [2.24, 2.45) is 0 Å². The molecule has 0 spiro atoms. The van der Waals surface area contributed by atoms with E-state index >= 15 is 0 Å². The molecule has 0 fully saturated rings. The molecule has 4 aromatic rings. The van der Waals surface area contributed by atoms with Gasteiger partial charge in [0.1, 0.15) is 17.7 Å². The van der Waals surface area contributed by atoms with E-state index in [2.05, 4.69) is 58.7 Å². The van der Waals surface area contributed by atoms with Crippen molar-refractivity contribution in [2.45, 2.75) is 49.1 Å². The first-order valence-electron chi connectivity index (χ1n) is 13.7. The first-order chi connectivity index (χ1) is 19.3. The smallest absolute Gasteiger partial charge is 0.209 e. The zero-order valence-electron chi connectivity index (χ0n) is 21.9. The molecule has 5 heteroatoms. The Kier molecular flexibility index (Phi) is 7.51. The average Bonchev–Trinajstić information content (AvgIpc) is 3.30. The van der Waals surface area contributed by atoms with Crippen LogP contribution < -0.4 is 0 Å². The molecule has 0 saturated heterocycles. The highest BCUT2D eigenvalue weighted by Crippen LogP contribution is 2.51. The molecule has 4 nitrogen and oxygen atoms in total. The predicted molar refractivity (Wildman–Crippen MR) is 159 cm³/mol. The number of carbonyl (C=O) groups excluding carboxylic acids is 1. The van der Waals surface area contributed by atoms with Crippen molar-refractivity contribution in [1.29, 1.82) is 0 Å². The van der Waals surface area contributed by atoms with Gasteiger partial charge in [0, 0.05) is 16.9 Å². The van der Waals surface area contributed by atoms with E-state index in [9.17, 15) is 4.79 Å². The van der Waals surface area contributed by atoms with Crippen molar-refractivity contribution in [3.05, 3.63) is 114 Å². The zero-order valence-corrected chi connectivity index (χ0v) is 22.7. The van der Waals surface area contributed by atoms with Crippen molar-refractivity contribution in [3.63, 3.8) is 0 Å². The topological polar surface area (TPSA) is 55.7 Å². The van der Waals surface area contributed by atoms with E-state index in [1.807, 2.05) is 48.5 Å². The fourth-order valence-corrected chi connectivity index (χ4v) is 6.72. The van der Waals surface area contributed by atoms with E-state index in [4.69, 9.17) is 4.98 Å².